The molecule has 8 nitrogen and oxygen atoms in total. The monoisotopic (exact) mass is 565 g/mol. The van der Waals surface area contributed by atoms with Gasteiger partial charge in [-0.25, -0.2) is 9.59 Å². The normalized spacial score (nSPS) is 11.9. The molecule has 8 heteroatoms. The molecule has 3 aromatic carbocycles. The van der Waals surface area contributed by atoms with Crippen LogP contribution in [0.25, 0.3) is 16.6 Å². The maximum Gasteiger partial charge on any atom is 0.331 e. The van der Waals surface area contributed by atoms with E-state index in [2.05, 4.69) is 17.2 Å². The highest BCUT2D eigenvalue weighted by atomic mass is 16.7. The van der Waals surface area contributed by atoms with Gasteiger partial charge in [0.25, 0.3) is 0 Å². The molecule has 0 saturated carbocycles. The fourth-order valence-electron chi connectivity index (χ4n) is 4.76. The smallest absolute Gasteiger partial charge is 0.318 e. The van der Waals surface area contributed by atoms with Gasteiger partial charge in [0.15, 0.2) is 5.78 Å². The van der Waals surface area contributed by atoms with Crippen LogP contribution in [0.5, 0.6) is 0 Å². The van der Waals surface area contributed by atoms with Crippen LogP contribution in [-0.4, -0.2) is 33.7 Å². The van der Waals surface area contributed by atoms with Crippen LogP contribution in [0, 0.1) is 0 Å². The molecule has 4 rings (SSSR count). The average molecular weight is 566 g/mol. The molecule has 0 aliphatic heterocycles. The number of nitrogens with zero attached hydrogens (tertiary/aromatic N) is 3. The molecule has 0 N–H and O–H groups in total. The Hall–Kier alpha value is -4.85. The molecule has 4 aromatic rings. The molecule has 0 aliphatic rings. The van der Waals surface area contributed by atoms with Crippen molar-refractivity contribution in [2.45, 2.75) is 59.8 Å². The second kappa shape index (κ2) is 14.2. The van der Waals surface area contributed by atoms with E-state index >= 15 is 0 Å². The zero-order chi connectivity index (χ0) is 30.1. The number of aromatic nitrogens is 1. The van der Waals surface area contributed by atoms with Gasteiger partial charge in [-0.2, -0.15) is 0 Å². The van der Waals surface area contributed by atoms with Crippen molar-refractivity contribution in [2.24, 2.45) is 10.3 Å². The van der Waals surface area contributed by atoms with E-state index in [9.17, 15) is 14.4 Å². The predicted molar refractivity (Wildman–Crippen MR) is 164 cm³/mol. The molecule has 216 valence electrons. The van der Waals surface area contributed by atoms with E-state index in [0.29, 0.717) is 40.2 Å². The number of benzene rings is 3. The Kier molecular flexibility index (Phi) is 10.2. The Morgan fingerprint density at radius 2 is 1.43 bits per heavy atom. The number of ketones is 1. The lowest BCUT2D eigenvalue weighted by Crippen LogP contribution is -2.10. The van der Waals surface area contributed by atoms with Gasteiger partial charge >= 0.3 is 11.9 Å². The molecule has 0 aliphatic carbocycles. The van der Waals surface area contributed by atoms with Crippen molar-refractivity contribution in [3.8, 4) is 5.69 Å². The number of oxime groups is 2. The van der Waals surface area contributed by atoms with Gasteiger partial charge in [-0.3, -0.25) is 4.79 Å². The van der Waals surface area contributed by atoms with Crippen molar-refractivity contribution >= 4 is 40.0 Å². The summed E-state index contributed by atoms with van der Waals surface area (Å²) in [4.78, 5) is 46.9. The fourth-order valence-corrected chi connectivity index (χ4v) is 4.76. The van der Waals surface area contributed by atoms with E-state index in [1.54, 1.807) is 25.1 Å². The van der Waals surface area contributed by atoms with Crippen LogP contribution in [0.2, 0.25) is 0 Å². The van der Waals surface area contributed by atoms with Crippen LogP contribution < -0.4 is 0 Å². The molecule has 0 fully saturated rings. The third-order valence-corrected chi connectivity index (χ3v) is 6.84. The Bertz CT molecular complexity index is 1650. The van der Waals surface area contributed by atoms with E-state index in [1.165, 1.54) is 13.8 Å². The molecule has 0 atom stereocenters. The Morgan fingerprint density at radius 3 is 2.14 bits per heavy atom. The number of hydrogen-bond acceptors (Lipinski definition) is 7. The SMILES string of the molecule is CCCCCC/C(=N\OC(C)=O)c1cn(-c2ccc(/C(C)=N/OC(C)=O)cc2C(=O)c2ccccc2)c2ccccc12. The van der Waals surface area contributed by atoms with Gasteiger partial charge in [-0.1, -0.05) is 91.1 Å². The summed E-state index contributed by atoms with van der Waals surface area (Å²) in [7, 11) is 0. The molecule has 0 saturated heterocycles. The van der Waals surface area contributed by atoms with Crippen molar-refractivity contribution in [3.05, 3.63) is 101 Å². The number of rotatable bonds is 12. The first-order chi connectivity index (χ1) is 20.3. The molecule has 0 amide bonds. The topological polar surface area (TPSA) is 99.3 Å². The molecule has 42 heavy (non-hydrogen) atoms. The first kappa shape index (κ1) is 30.1. The molecular formula is C34H35N3O5. The summed E-state index contributed by atoms with van der Waals surface area (Å²) in [5.74, 6) is -1.18. The predicted octanol–water partition coefficient (Wildman–Crippen LogP) is 7.39. The summed E-state index contributed by atoms with van der Waals surface area (Å²) >= 11 is 0. The summed E-state index contributed by atoms with van der Waals surface area (Å²) < 4.78 is 1.97. The first-order valence-corrected chi connectivity index (χ1v) is 14.1. The minimum atomic E-state index is -0.529. The van der Waals surface area contributed by atoms with E-state index in [0.717, 1.165) is 42.1 Å². The van der Waals surface area contributed by atoms with Crippen LogP contribution in [-0.2, 0) is 19.3 Å². The third kappa shape index (κ3) is 7.26. The van der Waals surface area contributed by atoms with Gasteiger partial charge in [-0.05, 0) is 43.5 Å². The third-order valence-electron chi connectivity index (χ3n) is 6.84. The highest BCUT2D eigenvalue weighted by molar-refractivity contribution is 6.14. The number of carbonyl (C=O) groups is 3. The van der Waals surface area contributed by atoms with Gasteiger partial charge < -0.3 is 14.2 Å². The number of carbonyl (C=O) groups excluding carboxylic acids is 3. The quantitative estimate of drug-likeness (QED) is 0.0586. The average Bonchev–Trinajstić information content (AvgIpc) is 3.38. The lowest BCUT2D eigenvalue weighted by atomic mass is 9.98. The second-order valence-corrected chi connectivity index (χ2v) is 10.0. The van der Waals surface area contributed by atoms with Crippen LogP contribution in [0.1, 0.15) is 86.8 Å². The summed E-state index contributed by atoms with van der Waals surface area (Å²) in [6, 6.07) is 22.4. The van der Waals surface area contributed by atoms with E-state index in [4.69, 9.17) is 9.68 Å². The van der Waals surface area contributed by atoms with Crippen molar-refractivity contribution in [1.82, 2.24) is 4.57 Å². The number of para-hydroxylation sites is 1. The van der Waals surface area contributed by atoms with Gasteiger partial charge in [-0.15, -0.1) is 0 Å². The summed E-state index contributed by atoms with van der Waals surface area (Å²) in [6.07, 6.45) is 6.75. The molecule has 0 spiro atoms. The van der Waals surface area contributed by atoms with Crippen LogP contribution in [0.3, 0.4) is 0 Å². The minimum Gasteiger partial charge on any atom is -0.318 e. The largest absolute Gasteiger partial charge is 0.331 e. The summed E-state index contributed by atoms with van der Waals surface area (Å²) in [6.45, 7) is 6.48. The highest BCUT2D eigenvalue weighted by Gasteiger charge is 2.21. The molecule has 0 unspecified atom stereocenters. The number of fused-ring (bicyclic) bond motifs is 1. The first-order valence-electron chi connectivity index (χ1n) is 14.1. The van der Waals surface area contributed by atoms with E-state index in [-0.39, 0.29) is 5.78 Å². The lowest BCUT2D eigenvalue weighted by molar-refractivity contribution is -0.141. The van der Waals surface area contributed by atoms with Crippen molar-refractivity contribution in [1.29, 1.82) is 0 Å². The van der Waals surface area contributed by atoms with Crippen LogP contribution in [0.15, 0.2) is 89.3 Å². The molecular weight excluding hydrogens is 530 g/mol. The molecule has 1 heterocycles. The van der Waals surface area contributed by atoms with Gasteiger partial charge in [0.1, 0.15) is 0 Å². The summed E-state index contributed by atoms with van der Waals surface area (Å²) in [5.41, 5.74) is 5.13. The standard InChI is InChI=1S/C34H35N3O5/c1-5-6-7-11-17-31(36-42-25(4)39)30-22-37(32-18-13-12-16-28(30)32)33-20-19-27(23(2)35-41-24(3)38)21-29(33)34(40)26-14-9-8-10-15-26/h8-10,12-16,18-22H,5-7,11,17H2,1-4H3/b35-23+,36-31+. The Balaban J connectivity index is 1.90. The zero-order valence-corrected chi connectivity index (χ0v) is 24.4. The van der Waals surface area contributed by atoms with Crippen molar-refractivity contribution in [3.63, 3.8) is 0 Å². The van der Waals surface area contributed by atoms with Crippen LogP contribution in [0.4, 0.5) is 0 Å². The summed E-state index contributed by atoms with van der Waals surface area (Å²) in [5, 5.41) is 9.09. The van der Waals surface area contributed by atoms with Crippen LogP contribution >= 0.6 is 0 Å². The Labute approximate surface area is 245 Å². The maximum absolute atomic E-state index is 13.9. The van der Waals surface area contributed by atoms with E-state index < -0.39 is 11.9 Å². The van der Waals surface area contributed by atoms with Gasteiger partial charge in [0.2, 0.25) is 0 Å². The molecule has 0 radical (unpaired) electrons. The maximum atomic E-state index is 13.9. The fraction of sp³-hybridized carbons (Fsp3) is 0.265. The lowest BCUT2D eigenvalue weighted by Gasteiger charge is -2.14. The van der Waals surface area contributed by atoms with Gasteiger partial charge in [0, 0.05) is 42.1 Å². The van der Waals surface area contributed by atoms with Crippen molar-refractivity contribution in [2.75, 3.05) is 0 Å². The zero-order valence-electron chi connectivity index (χ0n) is 24.4. The molecule has 0 bridgehead atoms. The molecule has 1 aromatic heterocycles. The minimum absolute atomic E-state index is 0.166. The van der Waals surface area contributed by atoms with Gasteiger partial charge in [0.05, 0.1) is 22.6 Å². The second-order valence-electron chi connectivity index (χ2n) is 10.0. The van der Waals surface area contributed by atoms with Crippen molar-refractivity contribution < 1.29 is 24.1 Å². The number of unbranched alkanes of at least 4 members (excludes halogenated alkanes) is 3. The van der Waals surface area contributed by atoms with E-state index in [1.807, 2.05) is 65.4 Å². The Morgan fingerprint density at radius 1 is 0.738 bits per heavy atom. The number of hydrogen-bond donors (Lipinski definition) is 0. The highest BCUT2D eigenvalue weighted by Crippen LogP contribution is 2.30.